The molecule has 1 heterocycles. The molecule has 2 N–H and O–H groups in total. The number of thiophene rings is 1. The summed E-state index contributed by atoms with van der Waals surface area (Å²) in [7, 11) is 0. The average Bonchev–Trinajstić information content (AvgIpc) is 3.05. The lowest BCUT2D eigenvalue weighted by atomic mass is 9.82. The number of anilines is 1. The van der Waals surface area contributed by atoms with Crippen LogP contribution in [0.2, 0.25) is 0 Å². The summed E-state index contributed by atoms with van der Waals surface area (Å²) >= 11 is 1.31. The number of nitrogens with one attached hydrogen (secondary N) is 1. The molecular formula is C24H27NO5S. The Balaban J connectivity index is 2.05. The summed E-state index contributed by atoms with van der Waals surface area (Å²) in [5.74, 6) is -3.36. The predicted octanol–water partition coefficient (Wildman–Crippen LogP) is 5.12. The molecule has 31 heavy (non-hydrogen) atoms. The first-order chi connectivity index (χ1) is 14.7. The van der Waals surface area contributed by atoms with Gasteiger partial charge < -0.3 is 15.2 Å². The largest absolute Gasteiger partial charge is 0.481 e. The van der Waals surface area contributed by atoms with Gasteiger partial charge in [0.15, 0.2) is 0 Å². The van der Waals surface area contributed by atoms with Crippen LogP contribution < -0.4 is 5.32 Å². The van der Waals surface area contributed by atoms with Crippen molar-refractivity contribution in [3.63, 3.8) is 0 Å². The van der Waals surface area contributed by atoms with Gasteiger partial charge in [-0.2, -0.15) is 0 Å². The number of carbonyl (C=O) groups excluding carboxylic acids is 2. The first-order valence-corrected chi connectivity index (χ1v) is 11.1. The minimum atomic E-state index is -0.992. The highest BCUT2D eigenvalue weighted by Crippen LogP contribution is 2.42. The Kier molecular flexibility index (Phi) is 6.95. The number of hydrogen-bond donors (Lipinski definition) is 2. The van der Waals surface area contributed by atoms with E-state index >= 15 is 0 Å². The van der Waals surface area contributed by atoms with Crippen molar-refractivity contribution in [2.75, 3.05) is 11.9 Å². The number of rotatable bonds is 6. The maximum absolute atomic E-state index is 13.0. The molecule has 6 nitrogen and oxygen atoms in total. The molecule has 0 fully saturated rings. The average molecular weight is 442 g/mol. The van der Waals surface area contributed by atoms with Crippen molar-refractivity contribution in [1.82, 2.24) is 0 Å². The summed E-state index contributed by atoms with van der Waals surface area (Å²) in [6.45, 7) is 7.81. The van der Waals surface area contributed by atoms with E-state index in [4.69, 9.17) is 4.74 Å². The van der Waals surface area contributed by atoms with E-state index in [1.807, 2.05) is 45.0 Å². The topological polar surface area (TPSA) is 92.7 Å². The smallest absolute Gasteiger partial charge is 0.341 e. The number of carbonyl (C=O) groups is 3. The maximum Gasteiger partial charge on any atom is 0.341 e. The number of aliphatic carboxylic acids is 1. The Bertz CT molecular complexity index is 1050. The van der Waals surface area contributed by atoms with Gasteiger partial charge in [0, 0.05) is 10.4 Å². The molecule has 1 aromatic carbocycles. The van der Waals surface area contributed by atoms with Gasteiger partial charge in [-0.3, -0.25) is 9.59 Å². The Morgan fingerprint density at radius 1 is 1.13 bits per heavy atom. The zero-order valence-corrected chi connectivity index (χ0v) is 19.0. The van der Waals surface area contributed by atoms with Crippen molar-refractivity contribution in [3.05, 3.63) is 51.9 Å². The molecule has 1 amide bonds. The van der Waals surface area contributed by atoms with Crippen LogP contribution in [0.3, 0.4) is 0 Å². The van der Waals surface area contributed by atoms with Gasteiger partial charge in [-0.25, -0.2) is 4.79 Å². The van der Waals surface area contributed by atoms with E-state index in [1.165, 1.54) is 11.3 Å². The summed E-state index contributed by atoms with van der Waals surface area (Å²) in [5.41, 5.74) is 4.06. The zero-order valence-electron chi connectivity index (χ0n) is 18.2. The van der Waals surface area contributed by atoms with Gasteiger partial charge in [0.05, 0.1) is 18.4 Å². The number of carboxylic acids is 1. The molecule has 3 rings (SSSR count). The van der Waals surface area contributed by atoms with Crippen molar-refractivity contribution < 1.29 is 24.2 Å². The monoisotopic (exact) mass is 441 g/mol. The fourth-order valence-electron chi connectivity index (χ4n) is 3.94. The van der Waals surface area contributed by atoms with E-state index in [9.17, 15) is 19.5 Å². The molecule has 0 bridgehead atoms. The second kappa shape index (κ2) is 9.47. The van der Waals surface area contributed by atoms with Crippen LogP contribution in [-0.4, -0.2) is 29.6 Å². The number of esters is 1. The van der Waals surface area contributed by atoms with Crippen molar-refractivity contribution in [2.24, 2.45) is 11.8 Å². The number of amides is 1. The minimum Gasteiger partial charge on any atom is -0.481 e. The van der Waals surface area contributed by atoms with Crippen molar-refractivity contribution >= 4 is 34.2 Å². The molecule has 0 unspecified atom stereocenters. The lowest BCUT2D eigenvalue weighted by molar-refractivity contribution is -0.146. The highest BCUT2D eigenvalue weighted by atomic mass is 32.1. The molecule has 2 aromatic rings. The molecule has 164 valence electrons. The quantitative estimate of drug-likeness (QED) is 0.479. The number of carboxylic acid groups (broad SMARTS) is 1. The standard InChI is InChI=1S/C24H27NO5S/c1-5-30-24(29)20-19(18-12-13(2)10-11-14(18)3)15(4)31-22(20)25-21(26)16-8-6-7-9-17(16)23(27)28/h6-7,10-12,16-17H,5,8-9H2,1-4H3,(H,25,26)(H,27,28)/t16-,17+/m1/s1. The Labute approximate surface area is 185 Å². The third-order valence-electron chi connectivity index (χ3n) is 5.55. The molecule has 0 radical (unpaired) electrons. The minimum absolute atomic E-state index is 0.210. The van der Waals surface area contributed by atoms with Crippen LogP contribution in [0.4, 0.5) is 5.00 Å². The lowest BCUT2D eigenvalue weighted by Gasteiger charge is -2.24. The van der Waals surface area contributed by atoms with E-state index in [1.54, 1.807) is 13.0 Å². The van der Waals surface area contributed by atoms with Gasteiger partial charge in [0.25, 0.3) is 0 Å². The number of hydrogen-bond acceptors (Lipinski definition) is 5. The zero-order chi connectivity index (χ0) is 22.7. The molecule has 1 aromatic heterocycles. The number of allylic oxidation sites excluding steroid dienone is 2. The lowest BCUT2D eigenvalue weighted by Crippen LogP contribution is -2.34. The van der Waals surface area contributed by atoms with Crippen molar-refractivity contribution in [2.45, 2.75) is 40.5 Å². The highest BCUT2D eigenvalue weighted by molar-refractivity contribution is 7.17. The third-order valence-corrected chi connectivity index (χ3v) is 6.57. The molecule has 0 spiro atoms. The Morgan fingerprint density at radius 2 is 1.81 bits per heavy atom. The van der Waals surface area contributed by atoms with Gasteiger partial charge in [-0.05, 0) is 51.7 Å². The molecule has 0 saturated carbocycles. The van der Waals surface area contributed by atoms with Crippen LogP contribution in [0.25, 0.3) is 11.1 Å². The summed E-state index contributed by atoms with van der Waals surface area (Å²) in [6, 6.07) is 6.03. The van der Waals surface area contributed by atoms with Crippen LogP contribution in [0.5, 0.6) is 0 Å². The molecule has 0 aliphatic heterocycles. The van der Waals surface area contributed by atoms with Crippen LogP contribution in [-0.2, 0) is 14.3 Å². The summed E-state index contributed by atoms with van der Waals surface area (Å²) < 4.78 is 5.31. The second-order valence-electron chi connectivity index (χ2n) is 7.76. The van der Waals surface area contributed by atoms with E-state index in [-0.39, 0.29) is 6.61 Å². The Hall–Kier alpha value is -2.93. The van der Waals surface area contributed by atoms with Gasteiger partial charge in [-0.1, -0.05) is 35.9 Å². The maximum atomic E-state index is 13.0. The van der Waals surface area contributed by atoms with Crippen LogP contribution in [0.15, 0.2) is 30.4 Å². The van der Waals surface area contributed by atoms with Gasteiger partial charge >= 0.3 is 11.9 Å². The Morgan fingerprint density at radius 3 is 2.45 bits per heavy atom. The van der Waals surface area contributed by atoms with E-state index < -0.39 is 29.7 Å². The fraction of sp³-hybridized carbons (Fsp3) is 0.375. The SMILES string of the molecule is CCOC(=O)c1c(NC(=O)[C@@H]2CC=CC[C@@H]2C(=O)O)sc(C)c1-c1cc(C)ccc1C. The third kappa shape index (κ3) is 4.71. The summed E-state index contributed by atoms with van der Waals surface area (Å²) in [5, 5.41) is 12.8. The van der Waals surface area contributed by atoms with E-state index in [0.29, 0.717) is 23.4 Å². The summed E-state index contributed by atoms with van der Waals surface area (Å²) in [6.07, 6.45) is 4.29. The van der Waals surface area contributed by atoms with Gasteiger partial charge in [-0.15, -0.1) is 11.3 Å². The van der Waals surface area contributed by atoms with Gasteiger partial charge in [0.2, 0.25) is 5.91 Å². The predicted molar refractivity (Wildman–Crippen MR) is 122 cm³/mol. The molecule has 2 atom stereocenters. The van der Waals surface area contributed by atoms with Crippen molar-refractivity contribution in [1.29, 1.82) is 0 Å². The molecule has 1 aliphatic carbocycles. The fourth-order valence-corrected chi connectivity index (χ4v) is 5.00. The van der Waals surface area contributed by atoms with E-state index in [2.05, 4.69) is 5.32 Å². The number of ether oxygens (including phenoxy) is 1. The van der Waals surface area contributed by atoms with Crippen LogP contribution in [0.1, 0.15) is 46.1 Å². The van der Waals surface area contributed by atoms with E-state index in [0.717, 1.165) is 27.1 Å². The normalized spacial score (nSPS) is 17.9. The van der Waals surface area contributed by atoms with Crippen LogP contribution >= 0.6 is 11.3 Å². The molecular weight excluding hydrogens is 414 g/mol. The first kappa shape index (κ1) is 22.7. The highest BCUT2D eigenvalue weighted by Gasteiger charge is 2.35. The molecule has 1 aliphatic rings. The number of aryl methyl sites for hydroxylation is 3. The molecule has 7 heteroatoms. The summed E-state index contributed by atoms with van der Waals surface area (Å²) in [4.78, 5) is 38.5. The van der Waals surface area contributed by atoms with Gasteiger partial charge in [0.1, 0.15) is 10.6 Å². The molecule has 0 saturated heterocycles. The number of benzene rings is 1. The first-order valence-electron chi connectivity index (χ1n) is 10.3. The second-order valence-corrected chi connectivity index (χ2v) is 8.98. The van der Waals surface area contributed by atoms with Crippen molar-refractivity contribution in [3.8, 4) is 11.1 Å². The van der Waals surface area contributed by atoms with Crippen LogP contribution in [0, 0.1) is 32.6 Å².